The van der Waals surface area contributed by atoms with Crippen LogP contribution >= 0.6 is 0 Å². The number of allylic oxidation sites excluding steroid dienone is 15. The van der Waals surface area contributed by atoms with Gasteiger partial charge >= 0.3 is 5.97 Å². The Morgan fingerprint density at radius 1 is 0.532 bits per heavy atom. The molecule has 1 aliphatic heterocycles. The van der Waals surface area contributed by atoms with Gasteiger partial charge in [0.1, 0.15) is 24.4 Å². The first kappa shape index (κ1) is 71.6. The molecule has 0 aromatic heterocycles. The molecule has 1 aliphatic rings. The Morgan fingerprint density at radius 2 is 0.987 bits per heavy atom. The predicted octanol–water partition coefficient (Wildman–Crippen LogP) is 14.7. The van der Waals surface area contributed by atoms with Crippen molar-refractivity contribution >= 4 is 11.9 Å². The second-order valence-corrected chi connectivity index (χ2v) is 21.2. The van der Waals surface area contributed by atoms with Crippen molar-refractivity contribution in [1.82, 2.24) is 5.32 Å². The second kappa shape index (κ2) is 53.2. The minimum Gasteiger partial charge on any atom is -0.454 e. The summed E-state index contributed by atoms with van der Waals surface area (Å²) in [5.41, 5.74) is 0. The number of amides is 1. The molecule has 0 spiro atoms. The van der Waals surface area contributed by atoms with Gasteiger partial charge in [-0.2, -0.15) is 0 Å². The normalized spacial score (nSPS) is 19.7. The third kappa shape index (κ3) is 41.3. The van der Waals surface area contributed by atoms with Gasteiger partial charge in [0.15, 0.2) is 12.4 Å². The van der Waals surface area contributed by atoms with Gasteiger partial charge in [0.2, 0.25) is 5.91 Å². The summed E-state index contributed by atoms with van der Waals surface area (Å²) >= 11 is 0. The van der Waals surface area contributed by atoms with Crippen LogP contribution in [-0.2, 0) is 23.8 Å². The number of hydrogen-bond donors (Lipinski definition) is 6. The molecule has 0 aliphatic carbocycles. The van der Waals surface area contributed by atoms with Gasteiger partial charge in [-0.1, -0.05) is 259 Å². The number of carbonyl (C=O) groups excluding carboxylic acids is 2. The van der Waals surface area contributed by atoms with Gasteiger partial charge in [-0.25, -0.2) is 0 Å². The highest BCUT2D eigenvalue weighted by atomic mass is 16.7. The van der Waals surface area contributed by atoms with E-state index < -0.39 is 67.4 Å². The molecule has 0 bridgehead atoms. The third-order valence-electron chi connectivity index (χ3n) is 14.1. The van der Waals surface area contributed by atoms with Crippen LogP contribution in [0.5, 0.6) is 0 Å². The molecule has 0 aromatic carbocycles. The fraction of sp³-hybridized carbons (Fsp3) is 0.727. The van der Waals surface area contributed by atoms with Crippen LogP contribution in [0.4, 0.5) is 0 Å². The number of ether oxygens (including phenoxy) is 3. The maximum atomic E-state index is 13.4. The summed E-state index contributed by atoms with van der Waals surface area (Å²) < 4.78 is 17.6. The number of nitrogens with one attached hydrogen (secondary N) is 1. The van der Waals surface area contributed by atoms with Crippen LogP contribution in [0, 0.1) is 0 Å². The van der Waals surface area contributed by atoms with Crippen LogP contribution in [-0.4, -0.2) is 99.6 Å². The molecule has 1 rings (SSSR count). The summed E-state index contributed by atoms with van der Waals surface area (Å²) in [6.45, 7) is 5.58. The number of carbonyl (C=O) groups is 2. The quantitative estimate of drug-likeness (QED) is 0.0149. The van der Waals surface area contributed by atoms with Crippen molar-refractivity contribution in [1.29, 1.82) is 0 Å². The second-order valence-electron chi connectivity index (χ2n) is 21.2. The lowest BCUT2D eigenvalue weighted by Crippen LogP contribution is -2.61. The molecule has 8 unspecified atom stereocenters. The average Bonchev–Trinajstić information content (AvgIpc) is 3.43. The van der Waals surface area contributed by atoms with Crippen molar-refractivity contribution in [2.24, 2.45) is 0 Å². The number of unbranched alkanes of at least 4 members (excludes halogenated alkanes) is 27. The van der Waals surface area contributed by atoms with E-state index in [2.05, 4.69) is 56.5 Å². The van der Waals surface area contributed by atoms with E-state index in [9.17, 15) is 35.1 Å². The zero-order valence-corrected chi connectivity index (χ0v) is 48.8. The van der Waals surface area contributed by atoms with Crippen molar-refractivity contribution in [3.05, 3.63) is 97.2 Å². The Balaban J connectivity index is 2.64. The molecule has 11 nitrogen and oxygen atoms in total. The molecule has 77 heavy (non-hydrogen) atoms. The van der Waals surface area contributed by atoms with Crippen LogP contribution < -0.4 is 5.32 Å². The summed E-state index contributed by atoms with van der Waals surface area (Å²) in [7, 11) is 0. The van der Waals surface area contributed by atoms with E-state index in [1.165, 1.54) is 128 Å². The zero-order chi connectivity index (χ0) is 56.1. The molecule has 0 saturated carbocycles. The van der Waals surface area contributed by atoms with Crippen molar-refractivity contribution < 1.29 is 49.3 Å². The topological polar surface area (TPSA) is 175 Å². The first-order chi connectivity index (χ1) is 37.7. The monoisotopic (exact) mass is 1080 g/mol. The summed E-state index contributed by atoms with van der Waals surface area (Å²) in [6.07, 6.45) is 60.3. The molecule has 1 heterocycles. The Morgan fingerprint density at radius 3 is 1.53 bits per heavy atom. The first-order valence-electron chi connectivity index (χ1n) is 31.1. The van der Waals surface area contributed by atoms with E-state index in [1.807, 2.05) is 60.8 Å². The SMILES string of the molecule is CC/C=C/C=C/C=C\C=C/C=C/CCCCC(O)C(=O)NC(COC1OC(CO)C(O)C(O)C1OC(=O)CCCCCCCCCCCCCCC/C=C\C/C=C\CCCCC)C(O)/C=C/CCCCCCCCCCC. The number of hydrogen-bond acceptors (Lipinski definition) is 10. The van der Waals surface area contributed by atoms with E-state index in [1.54, 1.807) is 6.08 Å². The van der Waals surface area contributed by atoms with Gasteiger partial charge < -0.3 is 45.1 Å². The molecule has 0 radical (unpaired) electrons. The molecule has 1 amide bonds. The van der Waals surface area contributed by atoms with Gasteiger partial charge in [-0.15, -0.1) is 0 Å². The van der Waals surface area contributed by atoms with Crippen LogP contribution in [0.25, 0.3) is 0 Å². The summed E-state index contributed by atoms with van der Waals surface area (Å²) in [6, 6.07) is -1.05. The van der Waals surface area contributed by atoms with Crippen molar-refractivity contribution in [2.45, 2.75) is 294 Å². The number of rotatable bonds is 51. The Hall–Kier alpha value is -3.42. The lowest BCUT2D eigenvalue weighted by Gasteiger charge is -2.41. The van der Waals surface area contributed by atoms with Crippen molar-refractivity contribution in [3.8, 4) is 0 Å². The molecule has 6 N–H and O–H groups in total. The molecular weight excluding hydrogens is 967 g/mol. The van der Waals surface area contributed by atoms with Crippen molar-refractivity contribution in [2.75, 3.05) is 13.2 Å². The molecule has 442 valence electrons. The van der Waals surface area contributed by atoms with Gasteiger partial charge in [0.05, 0.1) is 25.4 Å². The predicted molar refractivity (Wildman–Crippen MR) is 319 cm³/mol. The van der Waals surface area contributed by atoms with Gasteiger partial charge in [0, 0.05) is 6.42 Å². The molecule has 1 saturated heterocycles. The first-order valence-corrected chi connectivity index (χ1v) is 31.1. The van der Waals surface area contributed by atoms with E-state index >= 15 is 0 Å². The molecule has 0 aromatic rings. The Kier molecular flexibility index (Phi) is 49.5. The van der Waals surface area contributed by atoms with E-state index in [4.69, 9.17) is 14.2 Å². The lowest BCUT2D eigenvalue weighted by atomic mass is 9.99. The van der Waals surface area contributed by atoms with Crippen LogP contribution in [0.3, 0.4) is 0 Å². The van der Waals surface area contributed by atoms with Crippen LogP contribution in [0.15, 0.2) is 97.2 Å². The van der Waals surface area contributed by atoms with E-state index in [0.717, 1.165) is 70.6 Å². The molecule has 1 fully saturated rings. The summed E-state index contributed by atoms with van der Waals surface area (Å²) in [5, 5.41) is 56.9. The largest absolute Gasteiger partial charge is 0.454 e. The highest BCUT2D eigenvalue weighted by Crippen LogP contribution is 2.26. The smallest absolute Gasteiger partial charge is 0.306 e. The number of aliphatic hydroxyl groups excluding tert-OH is 5. The maximum absolute atomic E-state index is 13.4. The number of aliphatic hydroxyl groups is 5. The van der Waals surface area contributed by atoms with E-state index in [0.29, 0.717) is 12.8 Å². The Bertz CT molecular complexity index is 1620. The van der Waals surface area contributed by atoms with Gasteiger partial charge in [-0.05, 0) is 77.0 Å². The zero-order valence-electron chi connectivity index (χ0n) is 48.8. The summed E-state index contributed by atoms with van der Waals surface area (Å²) in [5.74, 6) is -1.24. The fourth-order valence-electron chi connectivity index (χ4n) is 9.17. The van der Waals surface area contributed by atoms with Gasteiger partial charge in [-0.3, -0.25) is 9.59 Å². The molecule has 11 heteroatoms. The van der Waals surface area contributed by atoms with Gasteiger partial charge in [0.25, 0.3) is 0 Å². The van der Waals surface area contributed by atoms with Crippen LogP contribution in [0.1, 0.15) is 245 Å². The molecular formula is C66H113NO10. The Labute approximate surface area is 469 Å². The molecule has 8 atom stereocenters. The van der Waals surface area contributed by atoms with Crippen LogP contribution in [0.2, 0.25) is 0 Å². The minimum absolute atomic E-state index is 0.113. The lowest BCUT2D eigenvalue weighted by molar-refractivity contribution is -0.305. The highest BCUT2D eigenvalue weighted by molar-refractivity contribution is 5.80. The van der Waals surface area contributed by atoms with Crippen molar-refractivity contribution in [3.63, 3.8) is 0 Å². The standard InChI is InChI=1S/C66H113NO10/c1-4-7-10-13-16-19-22-24-26-27-28-29-30-31-32-33-34-36-39-42-45-48-51-54-61(71)77-64-63(73)62(72)60(55-68)76-66(64)75-56-57(58(69)52-49-46-43-40-37-21-18-15-12-9-6-3)67-65(74)59(70)53-50-47-44-41-38-35-25-23-20-17-14-11-8-5-2/h8,11,14,16-17,19-20,23-26,35,38,41,49,52,57-60,62-64,66,68-70,72-73H,4-7,9-10,12-13,15,18,21-22,27-34,36-37,39-40,42-48,50-51,53-56H2,1-3H3,(H,67,74)/b11-8+,17-14+,19-16-,23-20-,26-24-,35-25-,41-38+,52-49+. The third-order valence-corrected chi connectivity index (χ3v) is 14.1. The highest BCUT2D eigenvalue weighted by Gasteiger charge is 2.47. The maximum Gasteiger partial charge on any atom is 0.306 e. The minimum atomic E-state index is -1.63. The fourth-order valence-corrected chi connectivity index (χ4v) is 9.17. The number of esters is 1. The summed E-state index contributed by atoms with van der Waals surface area (Å²) in [4.78, 5) is 26.5. The van der Waals surface area contributed by atoms with E-state index in [-0.39, 0.29) is 19.4 Å². The average molecular weight is 1080 g/mol.